The smallest absolute Gasteiger partial charge is 0.187 e. The molecule has 4 unspecified atom stereocenters. The highest BCUT2D eigenvalue weighted by Gasteiger charge is 2.77. The lowest BCUT2D eigenvalue weighted by Gasteiger charge is -2.54. The molecule has 1 heterocycles. The summed E-state index contributed by atoms with van der Waals surface area (Å²) in [5.74, 6) is 1.25. The van der Waals surface area contributed by atoms with Gasteiger partial charge in [0.05, 0.1) is 18.8 Å². The van der Waals surface area contributed by atoms with Gasteiger partial charge < -0.3 is 14.9 Å². The fraction of sp³-hybridized carbons (Fsp3) is 0.824. The van der Waals surface area contributed by atoms with Crippen LogP contribution in [-0.4, -0.2) is 40.9 Å². The van der Waals surface area contributed by atoms with E-state index in [0.29, 0.717) is 23.3 Å². The molecule has 21 heavy (non-hydrogen) atoms. The summed E-state index contributed by atoms with van der Waals surface area (Å²) in [6, 6.07) is 0. The molecule has 4 aliphatic rings. The van der Waals surface area contributed by atoms with E-state index in [-0.39, 0.29) is 29.8 Å². The molecule has 1 saturated heterocycles. The monoisotopic (exact) mass is 292 g/mol. The second-order valence-electron chi connectivity index (χ2n) is 7.78. The number of Topliss-reactive ketones (excluding diaryl/α,β-unsaturated/α-hetero) is 1. The molecule has 3 aliphatic carbocycles. The first kappa shape index (κ1) is 13.9. The van der Waals surface area contributed by atoms with Crippen molar-refractivity contribution in [2.75, 3.05) is 13.2 Å². The number of allylic oxidation sites excluding steroid dienone is 1. The van der Waals surface area contributed by atoms with E-state index in [2.05, 4.69) is 13.8 Å². The molecule has 0 radical (unpaired) electrons. The van der Waals surface area contributed by atoms with Crippen molar-refractivity contribution in [2.45, 2.75) is 38.9 Å². The lowest BCUT2D eigenvalue weighted by atomic mass is 9.50. The summed E-state index contributed by atoms with van der Waals surface area (Å²) in [4.78, 5) is 12.4. The van der Waals surface area contributed by atoms with E-state index in [9.17, 15) is 15.0 Å². The first-order chi connectivity index (χ1) is 9.90. The molecule has 4 heteroatoms. The van der Waals surface area contributed by atoms with Crippen molar-refractivity contribution in [3.63, 3.8) is 0 Å². The van der Waals surface area contributed by atoms with Crippen LogP contribution in [0.4, 0.5) is 0 Å². The number of epoxide rings is 1. The third-order valence-corrected chi connectivity index (χ3v) is 7.27. The van der Waals surface area contributed by atoms with Crippen molar-refractivity contribution in [2.24, 2.45) is 35.0 Å². The van der Waals surface area contributed by atoms with Crippen molar-refractivity contribution in [3.05, 3.63) is 11.6 Å². The molecule has 2 N–H and O–H groups in total. The van der Waals surface area contributed by atoms with E-state index in [4.69, 9.17) is 4.74 Å². The van der Waals surface area contributed by atoms with Crippen molar-refractivity contribution in [1.82, 2.24) is 0 Å². The van der Waals surface area contributed by atoms with Crippen molar-refractivity contribution < 1.29 is 19.7 Å². The van der Waals surface area contributed by atoms with E-state index >= 15 is 0 Å². The first-order valence-corrected chi connectivity index (χ1v) is 8.05. The summed E-state index contributed by atoms with van der Waals surface area (Å²) >= 11 is 0. The number of carbonyl (C=O) groups excluding carboxylic acids is 1. The van der Waals surface area contributed by atoms with Crippen molar-refractivity contribution in [3.8, 4) is 0 Å². The number of fused-ring (bicyclic) bond motifs is 2. The standard InChI is InChI=1S/C17H24O4/c1-8-4-11-5-12-9(2)10(3)14(17(12)7-21-17)16(11,6-18)15(20)13(8)19/h4,9-12,14-15,18,20H,5-7H2,1-3H3/t9-,10+,11+,12?,14-,15?,16?,17?/m1/s1. The van der Waals surface area contributed by atoms with Crippen LogP contribution in [0.1, 0.15) is 27.2 Å². The Morgan fingerprint density at radius 2 is 2.05 bits per heavy atom. The zero-order chi connectivity index (χ0) is 15.2. The molecular weight excluding hydrogens is 268 g/mol. The number of ketones is 1. The lowest BCUT2D eigenvalue weighted by molar-refractivity contribution is -0.161. The summed E-state index contributed by atoms with van der Waals surface area (Å²) in [7, 11) is 0. The van der Waals surface area contributed by atoms with Crippen molar-refractivity contribution >= 4 is 5.78 Å². The summed E-state index contributed by atoms with van der Waals surface area (Å²) in [6.07, 6.45) is 1.81. The molecular formula is C17H24O4. The third-order valence-electron chi connectivity index (χ3n) is 7.27. The van der Waals surface area contributed by atoms with Crippen LogP contribution in [0.3, 0.4) is 0 Å². The maximum Gasteiger partial charge on any atom is 0.187 e. The van der Waals surface area contributed by atoms with Gasteiger partial charge in [-0.05, 0) is 42.6 Å². The molecule has 2 saturated carbocycles. The van der Waals surface area contributed by atoms with Crippen LogP contribution in [-0.2, 0) is 9.53 Å². The normalized spacial score (nSPS) is 58.1. The average molecular weight is 292 g/mol. The fourth-order valence-corrected chi connectivity index (χ4v) is 6.09. The second kappa shape index (κ2) is 3.98. The topological polar surface area (TPSA) is 70.1 Å². The summed E-state index contributed by atoms with van der Waals surface area (Å²) < 4.78 is 5.90. The van der Waals surface area contributed by atoms with Crippen LogP contribution in [0.25, 0.3) is 0 Å². The molecule has 4 rings (SSSR count). The molecule has 3 fully saturated rings. The quantitative estimate of drug-likeness (QED) is 0.712. The van der Waals surface area contributed by atoms with Gasteiger partial charge in [0.15, 0.2) is 5.78 Å². The minimum absolute atomic E-state index is 0.0667. The number of ether oxygens (including phenoxy) is 1. The van der Waals surface area contributed by atoms with Gasteiger partial charge in [-0.3, -0.25) is 4.79 Å². The van der Waals surface area contributed by atoms with E-state index < -0.39 is 11.5 Å². The van der Waals surface area contributed by atoms with Gasteiger partial charge >= 0.3 is 0 Å². The molecule has 4 nitrogen and oxygen atoms in total. The van der Waals surface area contributed by atoms with Crippen LogP contribution in [0.2, 0.25) is 0 Å². The molecule has 2 bridgehead atoms. The predicted molar refractivity (Wildman–Crippen MR) is 76.4 cm³/mol. The number of carbonyl (C=O) groups is 1. The largest absolute Gasteiger partial charge is 0.396 e. The average Bonchev–Trinajstić information content (AvgIpc) is 3.22. The van der Waals surface area contributed by atoms with Crippen LogP contribution < -0.4 is 0 Å². The highest BCUT2D eigenvalue weighted by molar-refractivity contribution is 6.00. The molecule has 1 aliphatic heterocycles. The number of aliphatic hydroxyl groups is 2. The lowest BCUT2D eigenvalue weighted by Crippen LogP contribution is -2.62. The molecule has 8 atom stereocenters. The molecule has 0 amide bonds. The second-order valence-corrected chi connectivity index (χ2v) is 7.78. The van der Waals surface area contributed by atoms with Gasteiger partial charge in [-0.1, -0.05) is 19.9 Å². The maximum absolute atomic E-state index is 12.4. The predicted octanol–water partition coefficient (Wildman–Crippen LogP) is 1.16. The Kier molecular flexibility index (Phi) is 2.63. The van der Waals surface area contributed by atoms with Crippen LogP contribution in [0.5, 0.6) is 0 Å². The van der Waals surface area contributed by atoms with Gasteiger partial charge in [-0.2, -0.15) is 0 Å². The van der Waals surface area contributed by atoms with E-state index in [1.807, 2.05) is 6.08 Å². The highest BCUT2D eigenvalue weighted by atomic mass is 16.6. The van der Waals surface area contributed by atoms with Gasteiger partial charge in [0.2, 0.25) is 0 Å². The summed E-state index contributed by atoms with van der Waals surface area (Å²) in [5.41, 5.74) is -0.310. The van der Waals surface area contributed by atoms with Gasteiger partial charge in [-0.15, -0.1) is 0 Å². The number of aliphatic hydroxyl groups excluding tert-OH is 2. The van der Waals surface area contributed by atoms with E-state index in [1.165, 1.54) is 0 Å². The first-order valence-electron chi connectivity index (χ1n) is 8.05. The minimum atomic E-state index is -1.10. The fourth-order valence-electron chi connectivity index (χ4n) is 6.09. The molecule has 0 aromatic rings. The van der Waals surface area contributed by atoms with Gasteiger partial charge in [0.1, 0.15) is 6.10 Å². The van der Waals surface area contributed by atoms with Crippen LogP contribution in [0.15, 0.2) is 11.6 Å². The molecule has 0 aromatic carbocycles. The zero-order valence-electron chi connectivity index (χ0n) is 12.9. The Hall–Kier alpha value is -0.710. The zero-order valence-corrected chi connectivity index (χ0v) is 12.9. The summed E-state index contributed by atoms with van der Waals surface area (Å²) in [6.45, 7) is 6.80. The number of hydrogen-bond donors (Lipinski definition) is 2. The molecule has 1 spiro atoms. The Morgan fingerprint density at radius 1 is 1.38 bits per heavy atom. The number of hydrogen-bond acceptors (Lipinski definition) is 4. The maximum atomic E-state index is 12.4. The third kappa shape index (κ3) is 1.35. The summed E-state index contributed by atoms with van der Waals surface area (Å²) in [5, 5.41) is 21.0. The van der Waals surface area contributed by atoms with E-state index in [0.717, 1.165) is 13.0 Å². The van der Waals surface area contributed by atoms with Crippen LogP contribution >= 0.6 is 0 Å². The Bertz CT molecular complexity index is 535. The SMILES string of the molecule is CC1=C[C@H]2CC3[C@H](C)[C@H](C)[C@@H](C34CO4)C2(CO)C(O)C1=O. The van der Waals surface area contributed by atoms with Crippen LogP contribution in [0, 0.1) is 35.0 Å². The minimum Gasteiger partial charge on any atom is -0.396 e. The van der Waals surface area contributed by atoms with Gasteiger partial charge in [0.25, 0.3) is 0 Å². The highest BCUT2D eigenvalue weighted by Crippen LogP contribution is 2.71. The molecule has 0 aromatic heterocycles. The van der Waals surface area contributed by atoms with Gasteiger partial charge in [-0.25, -0.2) is 0 Å². The Balaban J connectivity index is 1.91. The van der Waals surface area contributed by atoms with Crippen molar-refractivity contribution in [1.29, 1.82) is 0 Å². The molecule has 116 valence electrons. The number of rotatable bonds is 1. The van der Waals surface area contributed by atoms with E-state index in [1.54, 1.807) is 6.92 Å². The Labute approximate surface area is 125 Å². The van der Waals surface area contributed by atoms with Gasteiger partial charge in [0, 0.05) is 11.3 Å². The Morgan fingerprint density at radius 3 is 2.62 bits per heavy atom.